The minimum atomic E-state index is 0.572. The quantitative estimate of drug-likeness (QED) is 0.699. The van der Waals surface area contributed by atoms with Gasteiger partial charge in [-0.2, -0.15) is 0 Å². The predicted molar refractivity (Wildman–Crippen MR) is 81.6 cm³/mol. The van der Waals surface area contributed by atoms with Gasteiger partial charge in [-0.25, -0.2) is 0 Å². The van der Waals surface area contributed by atoms with Crippen molar-refractivity contribution in [1.82, 2.24) is 5.32 Å². The van der Waals surface area contributed by atoms with E-state index in [1.54, 1.807) is 0 Å². The molecule has 0 radical (unpaired) electrons. The number of unbranched alkanes of at least 4 members (excludes halogenated alkanes) is 2. The monoisotopic (exact) mass is 333 g/mol. The van der Waals surface area contributed by atoms with Crippen molar-refractivity contribution in [3.63, 3.8) is 0 Å². The third-order valence-electron chi connectivity index (χ3n) is 2.53. The van der Waals surface area contributed by atoms with Gasteiger partial charge in [-0.15, -0.1) is 0 Å². The van der Waals surface area contributed by atoms with E-state index < -0.39 is 0 Å². The minimum absolute atomic E-state index is 0.572. The van der Waals surface area contributed by atoms with Gasteiger partial charge in [0, 0.05) is 10.5 Å². The molecule has 1 aromatic rings. The largest absolute Gasteiger partial charge is 0.492 e. The van der Waals surface area contributed by atoms with Gasteiger partial charge in [0.05, 0.1) is 11.6 Å². The van der Waals surface area contributed by atoms with E-state index in [1.165, 1.54) is 12.8 Å². The van der Waals surface area contributed by atoms with Crippen LogP contribution in [-0.2, 0) is 0 Å². The molecule has 0 bridgehead atoms. The maximum atomic E-state index is 6.06. The zero-order valence-corrected chi connectivity index (χ0v) is 13.4. The van der Waals surface area contributed by atoms with Gasteiger partial charge in [0.1, 0.15) is 5.75 Å². The summed E-state index contributed by atoms with van der Waals surface area (Å²) in [6, 6.07) is 6.26. The smallest absolute Gasteiger partial charge is 0.137 e. The van der Waals surface area contributed by atoms with Crippen LogP contribution in [0, 0.1) is 0 Å². The van der Waals surface area contributed by atoms with Crippen LogP contribution in [0.3, 0.4) is 0 Å². The summed E-state index contributed by atoms with van der Waals surface area (Å²) in [5.74, 6) is 0.764. The molecule has 0 unspecified atom stereocenters. The van der Waals surface area contributed by atoms with Crippen LogP contribution in [-0.4, -0.2) is 19.2 Å². The molecule has 0 atom stereocenters. The normalized spacial score (nSPS) is 10.9. The molecule has 0 aromatic heterocycles. The van der Waals surface area contributed by atoms with Crippen molar-refractivity contribution in [2.24, 2.45) is 0 Å². The average Bonchev–Trinajstić information content (AvgIpc) is 2.30. The highest BCUT2D eigenvalue weighted by Crippen LogP contribution is 2.27. The van der Waals surface area contributed by atoms with Gasteiger partial charge in [0.2, 0.25) is 0 Å². The molecular formula is C14H21BrClNO. The standard InChI is InChI=1S/C14H21BrClNO/c1-11(2)17-8-4-3-5-9-18-14-7-6-12(15)10-13(14)16/h6-7,10-11,17H,3-5,8-9H2,1-2H3. The predicted octanol–water partition coefficient (Wildman–Crippen LogP) is 4.65. The molecule has 0 heterocycles. The first kappa shape index (κ1) is 15.8. The first-order valence-electron chi connectivity index (χ1n) is 6.41. The molecule has 4 heteroatoms. The Morgan fingerprint density at radius 2 is 2.06 bits per heavy atom. The fourth-order valence-corrected chi connectivity index (χ4v) is 2.30. The molecule has 1 rings (SSSR count). The molecule has 0 amide bonds. The van der Waals surface area contributed by atoms with Gasteiger partial charge in [-0.1, -0.05) is 41.4 Å². The first-order chi connectivity index (χ1) is 8.59. The molecule has 0 saturated heterocycles. The van der Waals surface area contributed by atoms with E-state index in [1.807, 2.05) is 18.2 Å². The van der Waals surface area contributed by atoms with E-state index in [9.17, 15) is 0 Å². The van der Waals surface area contributed by atoms with Crippen LogP contribution in [0.5, 0.6) is 5.75 Å². The number of ether oxygens (including phenoxy) is 1. The molecule has 0 saturated carbocycles. The number of hydrogen-bond acceptors (Lipinski definition) is 2. The van der Waals surface area contributed by atoms with Crippen LogP contribution < -0.4 is 10.1 Å². The number of rotatable bonds is 8. The van der Waals surface area contributed by atoms with Crippen molar-refractivity contribution in [2.75, 3.05) is 13.2 Å². The summed E-state index contributed by atoms with van der Waals surface area (Å²) >= 11 is 9.43. The Hall–Kier alpha value is -0.250. The number of nitrogens with one attached hydrogen (secondary N) is 1. The van der Waals surface area contributed by atoms with Crippen molar-refractivity contribution in [3.05, 3.63) is 27.7 Å². The maximum Gasteiger partial charge on any atom is 0.137 e. The molecule has 0 aliphatic heterocycles. The van der Waals surface area contributed by atoms with Gasteiger partial charge in [-0.05, 0) is 44.0 Å². The summed E-state index contributed by atoms with van der Waals surface area (Å²) in [5.41, 5.74) is 0. The molecular weight excluding hydrogens is 314 g/mol. The van der Waals surface area contributed by atoms with Gasteiger partial charge in [-0.3, -0.25) is 0 Å². The molecule has 0 aliphatic rings. The lowest BCUT2D eigenvalue weighted by molar-refractivity contribution is 0.304. The Kier molecular flexibility index (Phi) is 7.71. The molecule has 0 fully saturated rings. The van der Waals surface area contributed by atoms with E-state index in [-0.39, 0.29) is 0 Å². The summed E-state index contributed by atoms with van der Waals surface area (Å²) in [4.78, 5) is 0. The van der Waals surface area contributed by atoms with Crippen LogP contribution in [0.15, 0.2) is 22.7 Å². The Balaban J connectivity index is 2.11. The summed E-state index contributed by atoms with van der Waals surface area (Å²) < 4.78 is 6.62. The summed E-state index contributed by atoms with van der Waals surface area (Å²) in [7, 11) is 0. The lowest BCUT2D eigenvalue weighted by Gasteiger charge is -2.09. The second-order valence-electron chi connectivity index (χ2n) is 4.59. The van der Waals surface area contributed by atoms with Crippen molar-refractivity contribution < 1.29 is 4.74 Å². The number of benzene rings is 1. The molecule has 0 spiro atoms. The molecule has 1 N–H and O–H groups in total. The Labute approximate surface area is 123 Å². The second-order valence-corrected chi connectivity index (χ2v) is 5.92. The van der Waals surface area contributed by atoms with E-state index in [2.05, 4.69) is 35.1 Å². The highest BCUT2D eigenvalue weighted by atomic mass is 79.9. The summed E-state index contributed by atoms with van der Waals surface area (Å²) in [6.07, 6.45) is 3.43. The molecule has 2 nitrogen and oxygen atoms in total. The third kappa shape index (κ3) is 6.62. The van der Waals surface area contributed by atoms with Gasteiger partial charge < -0.3 is 10.1 Å². The van der Waals surface area contributed by atoms with Crippen molar-refractivity contribution in [2.45, 2.75) is 39.2 Å². The first-order valence-corrected chi connectivity index (χ1v) is 7.58. The van der Waals surface area contributed by atoms with Crippen molar-refractivity contribution in [3.8, 4) is 5.75 Å². The molecule has 102 valence electrons. The fraction of sp³-hybridized carbons (Fsp3) is 0.571. The Morgan fingerprint density at radius 3 is 2.72 bits per heavy atom. The minimum Gasteiger partial charge on any atom is -0.492 e. The van der Waals surface area contributed by atoms with E-state index in [0.29, 0.717) is 11.1 Å². The average molecular weight is 335 g/mol. The lowest BCUT2D eigenvalue weighted by Crippen LogP contribution is -2.23. The van der Waals surface area contributed by atoms with Crippen LogP contribution in [0.2, 0.25) is 5.02 Å². The third-order valence-corrected chi connectivity index (χ3v) is 3.31. The van der Waals surface area contributed by atoms with Crippen LogP contribution in [0.25, 0.3) is 0 Å². The van der Waals surface area contributed by atoms with Crippen molar-refractivity contribution in [1.29, 1.82) is 0 Å². The van der Waals surface area contributed by atoms with E-state index in [0.717, 1.165) is 29.8 Å². The zero-order chi connectivity index (χ0) is 13.4. The Bertz CT molecular complexity index is 358. The highest BCUT2D eigenvalue weighted by molar-refractivity contribution is 9.10. The SMILES string of the molecule is CC(C)NCCCCCOc1ccc(Br)cc1Cl. The zero-order valence-electron chi connectivity index (χ0n) is 11.0. The van der Waals surface area contributed by atoms with Gasteiger partial charge in [0.25, 0.3) is 0 Å². The number of halogens is 2. The Morgan fingerprint density at radius 1 is 1.28 bits per heavy atom. The second kappa shape index (κ2) is 8.78. The van der Waals surface area contributed by atoms with Gasteiger partial charge in [0.15, 0.2) is 0 Å². The van der Waals surface area contributed by atoms with E-state index in [4.69, 9.17) is 16.3 Å². The van der Waals surface area contributed by atoms with Crippen LogP contribution in [0.4, 0.5) is 0 Å². The van der Waals surface area contributed by atoms with Crippen molar-refractivity contribution >= 4 is 27.5 Å². The lowest BCUT2D eigenvalue weighted by atomic mass is 10.2. The summed E-state index contributed by atoms with van der Waals surface area (Å²) in [6.45, 7) is 6.14. The maximum absolute atomic E-state index is 6.06. The molecule has 1 aromatic carbocycles. The van der Waals surface area contributed by atoms with Crippen LogP contribution in [0.1, 0.15) is 33.1 Å². The molecule has 0 aliphatic carbocycles. The number of hydrogen-bond donors (Lipinski definition) is 1. The van der Waals surface area contributed by atoms with Crippen LogP contribution >= 0.6 is 27.5 Å². The topological polar surface area (TPSA) is 21.3 Å². The fourth-order valence-electron chi connectivity index (χ4n) is 1.57. The summed E-state index contributed by atoms with van der Waals surface area (Å²) in [5, 5.41) is 4.06. The molecule has 18 heavy (non-hydrogen) atoms. The van der Waals surface area contributed by atoms with E-state index >= 15 is 0 Å². The van der Waals surface area contributed by atoms with Gasteiger partial charge >= 0.3 is 0 Å². The highest BCUT2D eigenvalue weighted by Gasteiger charge is 2.01.